The van der Waals surface area contributed by atoms with Crippen molar-refractivity contribution in [2.24, 2.45) is 5.92 Å². The SMILES string of the molecule is O=C(Nc1ccc(I)cc1)C1CC(=O)N(C2CCCC2)C1. The number of nitrogens with one attached hydrogen (secondary N) is 1. The van der Waals surface area contributed by atoms with Crippen molar-refractivity contribution in [2.45, 2.75) is 38.1 Å². The van der Waals surface area contributed by atoms with Crippen LogP contribution in [0.2, 0.25) is 0 Å². The summed E-state index contributed by atoms with van der Waals surface area (Å²) in [7, 11) is 0. The van der Waals surface area contributed by atoms with E-state index in [-0.39, 0.29) is 17.7 Å². The van der Waals surface area contributed by atoms with E-state index in [4.69, 9.17) is 0 Å². The summed E-state index contributed by atoms with van der Waals surface area (Å²) in [5.41, 5.74) is 0.798. The van der Waals surface area contributed by atoms with E-state index >= 15 is 0 Å². The van der Waals surface area contributed by atoms with Gasteiger partial charge in [0.2, 0.25) is 11.8 Å². The molecule has 1 N–H and O–H groups in total. The van der Waals surface area contributed by atoms with Gasteiger partial charge in [0.15, 0.2) is 0 Å². The lowest BCUT2D eigenvalue weighted by Crippen LogP contribution is -2.35. The highest BCUT2D eigenvalue weighted by atomic mass is 127. The molecule has 1 atom stereocenters. The highest BCUT2D eigenvalue weighted by Gasteiger charge is 2.38. The monoisotopic (exact) mass is 398 g/mol. The zero-order valence-electron chi connectivity index (χ0n) is 11.8. The fourth-order valence-corrected chi connectivity index (χ4v) is 3.61. The van der Waals surface area contributed by atoms with Gasteiger partial charge in [-0.05, 0) is 59.7 Å². The fraction of sp³-hybridized carbons (Fsp3) is 0.500. The molecule has 1 unspecified atom stereocenters. The number of hydrogen-bond acceptors (Lipinski definition) is 2. The first-order valence-electron chi connectivity index (χ1n) is 7.49. The van der Waals surface area contributed by atoms with Crippen molar-refractivity contribution in [3.63, 3.8) is 0 Å². The van der Waals surface area contributed by atoms with Crippen LogP contribution in [-0.4, -0.2) is 29.3 Å². The molecule has 3 rings (SSSR count). The standard InChI is InChI=1S/C16H19IN2O2/c17-12-5-7-13(8-6-12)18-16(21)11-9-15(20)19(10-11)14-3-1-2-4-14/h5-8,11,14H,1-4,9-10H2,(H,18,21). The minimum absolute atomic E-state index is 0.0370. The van der Waals surface area contributed by atoms with Crippen molar-refractivity contribution < 1.29 is 9.59 Å². The van der Waals surface area contributed by atoms with Crippen LogP contribution in [0, 0.1) is 9.49 Å². The second-order valence-corrected chi connectivity index (χ2v) is 7.13. The second kappa shape index (κ2) is 6.34. The Morgan fingerprint density at radius 1 is 1.19 bits per heavy atom. The van der Waals surface area contributed by atoms with Gasteiger partial charge in [-0.15, -0.1) is 0 Å². The number of rotatable bonds is 3. The average Bonchev–Trinajstić information content (AvgIpc) is 3.10. The molecule has 1 saturated carbocycles. The molecule has 2 fully saturated rings. The molecule has 0 aromatic heterocycles. The molecule has 5 heteroatoms. The molecular formula is C16H19IN2O2. The summed E-state index contributed by atoms with van der Waals surface area (Å²) in [4.78, 5) is 26.4. The Kier molecular flexibility index (Phi) is 4.47. The van der Waals surface area contributed by atoms with Crippen LogP contribution >= 0.6 is 22.6 Å². The van der Waals surface area contributed by atoms with Gasteiger partial charge in [-0.25, -0.2) is 0 Å². The van der Waals surface area contributed by atoms with Crippen LogP contribution in [0.1, 0.15) is 32.1 Å². The summed E-state index contributed by atoms with van der Waals surface area (Å²) in [5, 5.41) is 2.92. The maximum atomic E-state index is 12.3. The van der Waals surface area contributed by atoms with E-state index in [2.05, 4.69) is 27.9 Å². The molecule has 1 heterocycles. The van der Waals surface area contributed by atoms with Crippen molar-refractivity contribution in [2.75, 3.05) is 11.9 Å². The van der Waals surface area contributed by atoms with Gasteiger partial charge >= 0.3 is 0 Å². The Hall–Kier alpha value is -1.11. The van der Waals surface area contributed by atoms with Gasteiger partial charge in [0.1, 0.15) is 0 Å². The van der Waals surface area contributed by atoms with Crippen molar-refractivity contribution in [3.8, 4) is 0 Å². The minimum Gasteiger partial charge on any atom is -0.339 e. The van der Waals surface area contributed by atoms with Crippen molar-refractivity contribution in [1.29, 1.82) is 0 Å². The predicted octanol–water partition coefficient (Wildman–Crippen LogP) is 3.02. The van der Waals surface area contributed by atoms with Crippen LogP contribution in [0.25, 0.3) is 0 Å². The van der Waals surface area contributed by atoms with Crippen LogP contribution in [0.15, 0.2) is 24.3 Å². The number of anilines is 1. The van der Waals surface area contributed by atoms with E-state index in [9.17, 15) is 9.59 Å². The van der Waals surface area contributed by atoms with Gasteiger partial charge in [0.25, 0.3) is 0 Å². The smallest absolute Gasteiger partial charge is 0.229 e. The first-order valence-corrected chi connectivity index (χ1v) is 8.57. The molecule has 1 aliphatic carbocycles. The fourth-order valence-electron chi connectivity index (χ4n) is 3.25. The third-order valence-corrected chi connectivity index (χ3v) is 5.13. The molecule has 1 aromatic carbocycles. The Bertz CT molecular complexity index is 538. The number of nitrogens with zero attached hydrogens (tertiary/aromatic N) is 1. The molecule has 21 heavy (non-hydrogen) atoms. The van der Waals surface area contributed by atoms with Crippen LogP contribution in [0.5, 0.6) is 0 Å². The van der Waals surface area contributed by atoms with E-state index in [1.165, 1.54) is 12.8 Å². The molecule has 0 radical (unpaired) electrons. The van der Waals surface area contributed by atoms with Gasteiger partial charge < -0.3 is 10.2 Å². The second-order valence-electron chi connectivity index (χ2n) is 5.88. The highest BCUT2D eigenvalue weighted by Crippen LogP contribution is 2.30. The van der Waals surface area contributed by atoms with Gasteiger partial charge in [-0.3, -0.25) is 9.59 Å². The largest absolute Gasteiger partial charge is 0.339 e. The maximum Gasteiger partial charge on any atom is 0.229 e. The van der Waals surface area contributed by atoms with Gasteiger partial charge in [-0.2, -0.15) is 0 Å². The van der Waals surface area contributed by atoms with E-state index < -0.39 is 0 Å². The maximum absolute atomic E-state index is 12.3. The molecular weight excluding hydrogens is 379 g/mol. The van der Waals surface area contributed by atoms with Crippen molar-refractivity contribution in [3.05, 3.63) is 27.8 Å². The van der Waals surface area contributed by atoms with E-state index in [1.807, 2.05) is 29.2 Å². The zero-order chi connectivity index (χ0) is 14.8. The minimum atomic E-state index is -0.211. The van der Waals surface area contributed by atoms with Crippen molar-refractivity contribution in [1.82, 2.24) is 4.90 Å². The Morgan fingerprint density at radius 3 is 2.52 bits per heavy atom. The Labute approximate surface area is 138 Å². The van der Waals surface area contributed by atoms with Gasteiger partial charge in [-0.1, -0.05) is 12.8 Å². The van der Waals surface area contributed by atoms with E-state index in [0.29, 0.717) is 19.0 Å². The van der Waals surface area contributed by atoms with Crippen LogP contribution in [-0.2, 0) is 9.59 Å². The topological polar surface area (TPSA) is 49.4 Å². The molecule has 0 spiro atoms. The van der Waals surface area contributed by atoms with Crippen LogP contribution < -0.4 is 5.32 Å². The summed E-state index contributed by atoms with van der Waals surface area (Å²) >= 11 is 2.23. The Morgan fingerprint density at radius 2 is 1.86 bits per heavy atom. The average molecular weight is 398 g/mol. The van der Waals surface area contributed by atoms with Crippen LogP contribution in [0.4, 0.5) is 5.69 Å². The molecule has 112 valence electrons. The number of carbonyl (C=O) groups excluding carboxylic acids is 2. The number of halogens is 1. The lowest BCUT2D eigenvalue weighted by atomic mass is 10.1. The van der Waals surface area contributed by atoms with Crippen LogP contribution in [0.3, 0.4) is 0 Å². The molecule has 4 nitrogen and oxygen atoms in total. The molecule has 0 bridgehead atoms. The van der Waals surface area contributed by atoms with Crippen molar-refractivity contribution >= 4 is 40.1 Å². The number of hydrogen-bond donors (Lipinski definition) is 1. The predicted molar refractivity (Wildman–Crippen MR) is 89.9 cm³/mol. The van der Waals surface area contributed by atoms with Gasteiger partial charge in [0, 0.05) is 28.3 Å². The molecule has 2 aliphatic rings. The lowest BCUT2D eigenvalue weighted by Gasteiger charge is -2.23. The van der Waals surface area contributed by atoms with E-state index in [0.717, 1.165) is 22.1 Å². The Balaban J connectivity index is 1.60. The van der Waals surface area contributed by atoms with E-state index in [1.54, 1.807) is 0 Å². The highest BCUT2D eigenvalue weighted by molar-refractivity contribution is 14.1. The zero-order valence-corrected chi connectivity index (χ0v) is 14.0. The number of benzene rings is 1. The summed E-state index contributed by atoms with van der Waals surface area (Å²) in [6.07, 6.45) is 4.95. The van der Waals surface area contributed by atoms with Gasteiger partial charge in [0.05, 0.1) is 5.92 Å². The molecule has 1 aliphatic heterocycles. The number of carbonyl (C=O) groups is 2. The lowest BCUT2D eigenvalue weighted by molar-refractivity contribution is -0.129. The summed E-state index contributed by atoms with van der Waals surface area (Å²) < 4.78 is 1.13. The summed E-state index contributed by atoms with van der Waals surface area (Å²) in [6.45, 7) is 0.583. The normalized spacial score (nSPS) is 22.8. The third kappa shape index (κ3) is 3.39. The molecule has 1 aromatic rings. The first-order chi connectivity index (χ1) is 10.1. The summed E-state index contributed by atoms with van der Waals surface area (Å²) in [6, 6.07) is 8.08. The quantitative estimate of drug-likeness (QED) is 0.796. The number of amides is 2. The summed E-state index contributed by atoms with van der Waals surface area (Å²) in [5.74, 6) is -0.105. The molecule has 1 saturated heterocycles. The third-order valence-electron chi connectivity index (χ3n) is 4.41. The first kappa shape index (κ1) is 14.8. The number of likely N-dealkylation sites (tertiary alicyclic amines) is 1. The molecule has 2 amide bonds.